The first-order valence-corrected chi connectivity index (χ1v) is 7.38. The Morgan fingerprint density at radius 3 is 2.77 bits per heavy atom. The molecule has 22 heavy (non-hydrogen) atoms. The van der Waals surface area contributed by atoms with Crippen LogP contribution in [-0.2, 0) is 0 Å². The molecular formula is C16H19N3O3. The topological polar surface area (TPSA) is 98.2 Å². The van der Waals surface area contributed by atoms with Gasteiger partial charge in [-0.1, -0.05) is 30.3 Å². The number of aliphatic hydroxyl groups excluding tert-OH is 2. The summed E-state index contributed by atoms with van der Waals surface area (Å²) >= 11 is 0. The number of aromatic nitrogens is 2. The largest absolute Gasteiger partial charge is 0.396 e. The monoisotopic (exact) mass is 301 g/mol. The number of amides is 1. The van der Waals surface area contributed by atoms with E-state index in [9.17, 15) is 9.90 Å². The number of rotatable bonds is 4. The summed E-state index contributed by atoms with van der Waals surface area (Å²) in [5, 5.41) is 28.7. The molecule has 0 bridgehead atoms. The Hall–Kier alpha value is -2.18. The number of benzene rings is 1. The van der Waals surface area contributed by atoms with Crippen LogP contribution in [0.25, 0.3) is 11.3 Å². The molecule has 1 aliphatic rings. The maximum absolute atomic E-state index is 12.2. The van der Waals surface area contributed by atoms with Gasteiger partial charge in [-0.25, -0.2) is 0 Å². The molecule has 3 rings (SSSR count). The van der Waals surface area contributed by atoms with Crippen LogP contribution in [0.15, 0.2) is 36.4 Å². The van der Waals surface area contributed by atoms with Gasteiger partial charge >= 0.3 is 0 Å². The Morgan fingerprint density at radius 1 is 1.32 bits per heavy atom. The molecule has 2 aromatic rings. The molecule has 0 spiro atoms. The molecule has 4 N–H and O–H groups in total. The molecule has 0 radical (unpaired) electrons. The van der Waals surface area contributed by atoms with Gasteiger partial charge in [0.25, 0.3) is 5.91 Å². The van der Waals surface area contributed by atoms with Crippen molar-refractivity contribution < 1.29 is 15.0 Å². The molecule has 1 amide bonds. The molecule has 0 unspecified atom stereocenters. The molecule has 0 saturated heterocycles. The summed E-state index contributed by atoms with van der Waals surface area (Å²) in [7, 11) is 0. The Morgan fingerprint density at radius 2 is 2.09 bits per heavy atom. The lowest BCUT2D eigenvalue weighted by atomic mass is 10.1. The van der Waals surface area contributed by atoms with Gasteiger partial charge in [0.05, 0.1) is 11.8 Å². The van der Waals surface area contributed by atoms with Crippen molar-refractivity contribution in [2.24, 2.45) is 5.92 Å². The second kappa shape index (κ2) is 6.29. The predicted octanol–water partition coefficient (Wildman–Crippen LogP) is 0.938. The normalized spacial score (nSPS) is 24.4. The first kappa shape index (κ1) is 14.7. The number of carbonyl (C=O) groups excluding carboxylic acids is 1. The number of aromatic amines is 1. The smallest absolute Gasteiger partial charge is 0.269 e. The van der Waals surface area contributed by atoms with Crippen molar-refractivity contribution >= 4 is 5.91 Å². The number of H-pyrrole nitrogens is 1. The fourth-order valence-electron chi connectivity index (χ4n) is 2.87. The highest BCUT2D eigenvalue weighted by Gasteiger charge is 2.33. The van der Waals surface area contributed by atoms with Crippen LogP contribution >= 0.6 is 0 Å². The number of nitrogens with one attached hydrogen (secondary N) is 2. The molecule has 6 heteroatoms. The Balaban J connectivity index is 1.65. The van der Waals surface area contributed by atoms with Crippen molar-refractivity contribution in [3.63, 3.8) is 0 Å². The zero-order valence-electron chi connectivity index (χ0n) is 12.1. The van der Waals surface area contributed by atoms with Crippen LogP contribution in [0.3, 0.4) is 0 Å². The minimum absolute atomic E-state index is 0.0598. The Labute approximate surface area is 128 Å². The van der Waals surface area contributed by atoms with E-state index in [-0.39, 0.29) is 24.5 Å². The van der Waals surface area contributed by atoms with Gasteiger partial charge in [0.15, 0.2) is 0 Å². The summed E-state index contributed by atoms with van der Waals surface area (Å²) in [5.74, 6) is -0.405. The number of nitrogens with zero attached hydrogens (tertiary/aromatic N) is 1. The predicted molar refractivity (Wildman–Crippen MR) is 81.1 cm³/mol. The van der Waals surface area contributed by atoms with Crippen LogP contribution in [0.4, 0.5) is 0 Å². The highest BCUT2D eigenvalue weighted by molar-refractivity contribution is 5.93. The summed E-state index contributed by atoms with van der Waals surface area (Å²) in [6.07, 6.45) is 0.497. The lowest BCUT2D eigenvalue weighted by molar-refractivity contribution is 0.0902. The van der Waals surface area contributed by atoms with Gasteiger partial charge in [0, 0.05) is 24.1 Å². The van der Waals surface area contributed by atoms with Gasteiger partial charge in [0.2, 0.25) is 0 Å². The summed E-state index contributed by atoms with van der Waals surface area (Å²) < 4.78 is 0. The highest BCUT2D eigenvalue weighted by Crippen LogP contribution is 2.26. The molecule has 6 nitrogen and oxygen atoms in total. The third kappa shape index (κ3) is 3.03. The second-order valence-electron chi connectivity index (χ2n) is 5.68. The van der Waals surface area contributed by atoms with Gasteiger partial charge in [-0.3, -0.25) is 9.89 Å². The Bertz CT molecular complexity index is 641. The maximum Gasteiger partial charge on any atom is 0.269 e. The summed E-state index contributed by atoms with van der Waals surface area (Å²) in [6.45, 7) is -0.0598. The van der Waals surface area contributed by atoms with E-state index in [1.807, 2.05) is 30.3 Å². The molecule has 116 valence electrons. The summed E-state index contributed by atoms with van der Waals surface area (Å²) in [5.41, 5.74) is 2.04. The first-order chi connectivity index (χ1) is 10.7. The quantitative estimate of drug-likeness (QED) is 0.675. The van der Waals surface area contributed by atoms with E-state index < -0.39 is 6.10 Å². The van der Waals surface area contributed by atoms with Crippen molar-refractivity contribution in [2.45, 2.75) is 25.0 Å². The van der Waals surface area contributed by atoms with Crippen LogP contribution < -0.4 is 5.32 Å². The van der Waals surface area contributed by atoms with Gasteiger partial charge in [0.1, 0.15) is 5.69 Å². The summed E-state index contributed by atoms with van der Waals surface area (Å²) in [6, 6.07) is 11.2. The molecule has 1 fully saturated rings. The second-order valence-corrected chi connectivity index (χ2v) is 5.68. The zero-order valence-corrected chi connectivity index (χ0v) is 12.1. The van der Waals surface area contributed by atoms with E-state index >= 15 is 0 Å². The van der Waals surface area contributed by atoms with E-state index in [1.165, 1.54) is 0 Å². The lowest BCUT2D eigenvalue weighted by Gasteiger charge is -2.11. The molecular weight excluding hydrogens is 282 g/mol. The number of hydrogen-bond acceptors (Lipinski definition) is 4. The van der Waals surface area contributed by atoms with Crippen molar-refractivity contribution in [2.75, 3.05) is 6.61 Å². The zero-order chi connectivity index (χ0) is 15.5. The molecule has 1 saturated carbocycles. The SMILES string of the molecule is O=C(N[C@H]1C[C@H](CO)[C@H](O)C1)c1cc(-c2ccccc2)n[nH]1. The van der Waals surface area contributed by atoms with E-state index in [4.69, 9.17) is 5.11 Å². The number of hydrogen-bond donors (Lipinski definition) is 4. The van der Waals surface area contributed by atoms with Gasteiger partial charge in [-0.05, 0) is 18.9 Å². The Kier molecular flexibility index (Phi) is 4.22. The number of aliphatic hydroxyl groups is 2. The van der Waals surface area contributed by atoms with Crippen molar-refractivity contribution in [1.29, 1.82) is 0 Å². The van der Waals surface area contributed by atoms with Crippen LogP contribution in [0.1, 0.15) is 23.3 Å². The van der Waals surface area contributed by atoms with Gasteiger partial charge in [-0.15, -0.1) is 0 Å². The van der Waals surface area contributed by atoms with E-state index in [2.05, 4.69) is 15.5 Å². The molecule has 1 aliphatic carbocycles. The van der Waals surface area contributed by atoms with Crippen molar-refractivity contribution in [3.05, 3.63) is 42.1 Å². The average Bonchev–Trinajstić information content (AvgIpc) is 3.15. The van der Waals surface area contributed by atoms with Crippen molar-refractivity contribution in [3.8, 4) is 11.3 Å². The standard InChI is InChI=1S/C16H19N3O3/c20-9-11-6-12(7-15(11)21)17-16(22)14-8-13(18-19-14)10-4-2-1-3-5-10/h1-5,8,11-12,15,20-21H,6-7,9H2,(H,17,22)(H,18,19)/t11-,12+,15-/m1/s1. The average molecular weight is 301 g/mol. The van der Waals surface area contributed by atoms with Crippen LogP contribution in [0, 0.1) is 5.92 Å². The molecule has 1 aromatic heterocycles. The minimum Gasteiger partial charge on any atom is -0.396 e. The van der Waals surface area contributed by atoms with Crippen LogP contribution in [0.2, 0.25) is 0 Å². The highest BCUT2D eigenvalue weighted by atomic mass is 16.3. The van der Waals surface area contributed by atoms with Crippen LogP contribution in [0.5, 0.6) is 0 Å². The van der Waals surface area contributed by atoms with Crippen molar-refractivity contribution in [1.82, 2.24) is 15.5 Å². The third-order valence-electron chi connectivity index (χ3n) is 4.12. The van der Waals surface area contributed by atoms with E-state index in [0.29, 0.717) is 24.2 Å². The van der Waals surface area contributed by atoms with Gasteiger partial charge < -0.3 is 15.5 Å². The van der Waals surface area contributed by atoms with Crippen LogP contribution in [-0.4, -0.2) is 45.1 Å². The fraction of sp³-hybridized carbons (Fsp3) is 0.375. The third-order valence-corrected chi connectivity index (χ3v) is 4.12. The minimum atomic E-state index is -0.558. The molecule has 1 heterocycles. The summed E-state index contributed by atoms with van der Waals surface area (Å²) in [4.78, 5) is 12.2. The van der Waals surface area contributed by atoms with E-state index in [0.717, 1.165) is 5.56 Å². The fourth-order valence-corrected chi connectivity index (χ4v) is 2.87. The number of carbonyl (C=O) groups is 1. The maximum atomic E-state index is 12.2. The molecule has 0 aliphatic heterocycles. The first-order valence-electron chi connectivity index (χ1n) is 7.38. The van der Waals surface area contributed by atoms with Gasteiger partial charge in [-0.2, -0.15) is 5.10 Å². The van der Waals surface area contributed by atoms with E-state index in [1.54, 1.807) is 6.07 Å². The molecule has 3 atom stereocenters. The molecule has 1 aromatic carbocycles. The lowest BCUT2D eigenvalue weighted by Crippen LogP contribution is -2.33.